The van der Waals surface area contributed by atoms with Crippen LogP contribution in [0.3, 0.4) is 0 Å². The zero-order chi connectivity index (χ0) is 20.2. The Hall–Kier alpha value is -3.51. The Balaban J connectivity index is 1.58. The molecule has 0 atom stereocenters. The molecule has 144 valence electrons. The summed E-state index contributed by atoms with van der Waals surface area (Å²) in [7, 11) is 0. The second kappa shape index (κ2) is 8.24. The molecule has 7 heteroatoms. The van der Waals surface area contributed by atoms with Crippen molar-refractivity contribution in [2.75, 3.05) is 0 Å². The lowest BCUT2D eigenvalue weighted by Gasteiger charge is -2.14. The molecule has 0 saturated carbocycles. The number of amides is 1. The van der Waals surface area contributed by atoms with Gasteiger partial charge in [0.1, 0.15) is 11.5 Å². The smallest absolute Gasteiger partial charge is 0.251 e. The number of nitrogens with one attached hydrogen (secondary N) is 1. The zero-order valence-corrected chi connectivity index (χ0v) is 16.3. The Morgan fingerprint density at radius 3 is 2.79 bits per heavy atom. The van der Waals surface area contributed by atoms with Crippen molar-refractivity contribution in [3.05, 3.63) is 88.8 Å². The van der Waals surface area contributed by atoms with E-state index >= 15 is 0 Å². The van der Waals surface area contributed by atoms with Gasteiger partial charge in [0, 0.05) is 40.5 Å². The summed E-state index contributed by atoms with van der Waals surface area (Å²) >= 11 is 6.05. The van der Waals surface area contributed by atoms with Gasteiger partial charge in [0.25, 0.3) is 5.91 Å². The lowest BCUT2D eigenvalue weighted by molar-refractivity contribution is 0.0950. The third kappa shape index (κ3) is 4.17. The molecule has 0 aliphatic heterocycles. The Morgan fingerprint density at radius 1 is 1.07 bits per heavy atom. The predicted molar refractivity (Wildman–Crippen MR) is 111 cm³/mol. The van der Waals surface area contributed by atoms with Crippen molar-refractivity contribution >= 4 is 28.4 Å². The number of pyridine rings is 1. The normalized spacial score (nSPS) is 10.7. The molecule has 2 heterocycles. The number of aromatic nitrogens is 3. The van der Waals surface area contributed by atoms with Crippen LogP contribution >= 0.6 is 11.6 Å². The van der Waals surface area contributed by atoms with Crippen LogP contribution in [0.15, 0.2) is 67.1 Å². The second-order valence-electron chi connectivity index (χ2n) is 6.43. The minimum Gasteiger partial charge on any atom is -0.456 e. The van der Waals surface area contributed by atoms with Crippen molar-refractivity contribution < 1.29 is 9.53 Å². The molecule has 0 radical (unpaired) electrons. The molecule has 6 nitrogen and oxygen atoms in total. The van der Waals surface area contributed by atoms with Crippen molar-refractivity contribution in [1.82, 2.24) is 20.5 Å². The molecular formula is C22H17ClN4O2. The minimum absolute atomic E-state index is 0.184. The summed E-state index contributed by atoms with van der Waals surface area (Å²) in [6.45, 7) is 2.23. The largest absolute Gasteiger partial charge is 0.456 e. The van der Waals surface area contributed by atoms with E-state index in [-0.39, 0.29) is 5.91 Å². The molecule has 0 unspecified atom stereocenters. The molecule has 2 aromatic carbocycles. The van der Waals surface area contributed by atoms with Gasteiger partial charge in [-0.3, -0.25) is 9.78 Å². The number of nitrogens with zero attached hydrogens (tertiary/aromatic N) is 3. The van der Waals surface area contributed by atoms with Crippen molar-refractivity contribution in [3.8, 4) is 11.5 Å². The maximum atomic E-state index is 12.7. The van der Waals surface area contributed by atoms with E-state index in [9.17, 15) is 4.79 Å². The van der Waals surface area contributed by atoms with Gasteiger partial charge in [0.15, 0.2) is 0 Å². The summed E-state index contributed by atoms with van der Waals surface area (Å²) in [5, 5.41) is 11.9. The lowest BCUT2D eigenvalue weighted by atomic mass is 10.1. The molecule has 4 rings (SSSR count). The Morgan fingerprint density at radius 2 is 1.97 bits per heavy atom. The minimum atomic E-state index is -0.184. The Kier molecular flexibility index (Phi) is 5.35. The SMILES string of the molecule is Cc1c(Oc2ccnc3cc(Cl)ccc23)cccc1C(=O)NCc1ccnnc1. The number of benzene rings is 2. The standard InChI is InChI=1S/C22H17ClN4O2/c1-14-17(22(28)25-12-15-7-10-26-27-13-15)3-2-4-20(14)29-21-8-9-24-19-11-16(23)5-6-18(19)21/h2-11,13H,12H2,1H3,(H,25,28). The van der Waals surface area contributed by atoms with E-state index in [2.05, 4.69) is 20.5 Å². The van der Waals surface area contributed by atoms with E-state index in [4.69, 9.17) is 16.3 Å². The second-order valence-corrected chi connectivity index (χ2v) is 6.87. The molecule has 29 heavy (non-hydrogen) atoms. The van der Waals surface area contributed by atoms with Gasteiger partial charge in [-0.2, -0.15) is 10.2 Å². The fraction of sp³-hybridized carbons (Fsp3) is 0.0909. The molecule has 2 aromatic heterocycles. The first kappa shape index (κ1) is 18.8. The molecule has 0 saturated heterocycles. The topological polar surface area (TPSA) is 77.0 Å². The number of rotatable bonds is 5. The quantitative estimate of drug-likeness (QED) is 0.521. The molecule has 4 aromatic rings. The van der Waals surface area contributed by atoms with Crippen LogP contribution in [-0.2, 0) is 6.54 Å². The monoisotopic (exact) mass is 404 g/mol. The summed E-state index contributed by atoms with van der Waals surface area (Å²) in [4.78, 5) is 17.0. The molecule has 0 bridgehead atoms. The van der Waals surface area contributed by atoms with Crippen LogP contribution < -0.4 is 10.1 Å². The lowest BCUT2D eigenvalue weighted by Crippen LogP contribution is -2.23. The first-order valence-electron chi connectivity index (χ1n) is 8.97. The van der Waals surface area contributed by atoms with Crippen LogP contribution in [0.25, 0.3) is 10.9 Å². The maximum Gasteiger partial charge on any atom is 0.251 e. The number of carbonyl (C=O) groups is 1. The van der Waals surface area contributed by atoms with Gasteiger partial charge in [-0.15, -0.1) is 0 Å². The summed E-state index contributed by atoms with van der Waals surface area (Å²) in [5.74, 6) is 1.07. The Labute approximate surface area is 172 Å². The van der Waals surface area contributed by atoms with Gasteiger partial charge in [0.2, 0.25) is 0 Å². The van der Waals surface area contributed by atoms with Gasteiger partial charge in [-0.05, 0) is 55.0 Å². The average molecular weight is 405 g/mol. The van der Waals surface area contributed by atoms with E-state index in [0.29, 0.717) is 28.6 Å². The third-order valence-corrected chi connectivity index (χ3v) is 4.75. The van der Waals surface area contributed by atoms with E-state index in [1.165, 1.54) is 0 Å². The highest BCUT2D eigenvalue weighted by atomic mass is 35.5. The summed E-state index contributed by atoms with van der Waals surface area (Å²) in [6.07, 6.45) is 4.88. The summed E-state index contributed by atoms with van der Waals surface area (Å²) in [6, 6.07) is 14.4. The van der Waals surface area contributed by atoms with E-state index in [0.717, 1.165) is 22.0 Å². The van der Waals surface area contributed by atoms with Crippen LogP contribution in [0, 0.1) is 6.92 Å². The molecule has 0 aliphatic rings. The number of fused-ring (bicyclic) bond motifs is 1. The maximum absolute atomic E-state index is 12.7. The first-order chi connectivity index (χ1) is 14.1. The van der Waals surface area contributed by atoms with Gasteiger partial charge in [-0.25, -0.2) is 0 Å². The Bertz CT molecular complexity index is 1180. The number of ether oxygens (including phenoxy) is 1. The van der Waals surface area contributed by atoms with Crippen LogP contribution in [0.5, 0.6) is 11.5 Å². The van der Waals surface area contributed by atoms with Crippen molar-refractivity contribution in [3.63, 3.8) is 0 Å². The van der Waals surface area contributed by atoms with Crippen molar-refractivity contribution in [2.24, 2.45) is 0 Å². The van der Waals surface area contributed by atoms with Crippen LogP contribution in [-0.4, -0.2) is 21.1 Å². The highest BCUT2D eigenvalue weighted by Gasteiger charge is 2.14. The number of halogens is 1. The molecule has 0 spiro atoms. The fourth-order valence-corrected chi connectivity index (χ4v) is 3.14. The van der Waals surface area contributed by atoms with Crippen LogP contribution in [0.4, 0.5) is 0 Å². The van der Waals surface area contributed by atoms with Gasteiger partial charge in [0.05, 0.1) is 11.7 Å². The van der Waals surface area contributed by atoms with E-state index in [1.807, 2.05) is 19.1 Å². The van der Waals surface area contributed by atoms with E-state index in [1.54, 1.807) is 55.0 Å². The first-order valence-corrected chi connectivity index (χ1v) is 9.35. The molecular weight excluding hydrogens is 388 g/mol. The highest BCUT2D eigenvalue weighted by Crippen LogP contribution is 2.32. The average Bonchev–Trinajstić information content (AvgIpc) is 2.74. The fourth-order valence-electron chi connectivity index (χ4n) is 2.97. The van der Waals surface area contributed by atoms with Gasteiger partial charge in [-0.1, -0.05) is 17.7 Å². The molecule has 1 N–H and O–H groups in total. The zero-order valence-electron chi connectivity index (χ0n) is 15.6. The van der Waals surface area contributed by atoms with Crippen LogP contribution in [0.2, 0.25) is 5.02 Å². The van der Waals surface area contributed by atoms with Crippen molar-refractivity contribution in [1.29, 1.82) is 0 Å². The highest BCUT2D eigenvalue weighted by molar-refractivity contribution is 6.31. The summed E-state index contributed by atoms with van der Waals surface area (Å²) in [5.41, 5.74) is 2.91. The summed E-state index contributed by atoms with van der Waals surface area (Å²) < 4.78 is 6.13. The van der Waals surface area contributed by atoms with E-state index < -0.39 is 0 Å². The van der Waals surface area contributed by atoms with Crippen molar-refractivity contribution in [2.45, 2.75) is 13.5 Å². The number of carbonyl (C=O) groups excluding carboxylic acids is 1. The number of hydrogen-bond donors (Lipinski definition) is 1. The van der Waals surface area contributed by atoms with Gasteiger partial charge >= 0.3 is 0 Å². The number of hydrogen-bond acceptors (Lipinski definition) is 5. The van der Waals surface area contributed by atoms with Crippen LogP contribution in [0.1, 0.15) is 21.5 Å². The van der Waals surface area contributed by atoms with Gasteiger partial charge < -0.3 is 10.1 Å². The molecule has 0 aliphatic carbocycles. The predicted octanol–water partition coefficient (Wildman–Crippen LogP) is 4.71. The molecule has 1 amide bonds. The molecule has 0 fully saturated rings. The third-order valence-electron chi connectivity index (χ3n) is 4.51.